The van der Waals surface area contributed by atoms with Crippen LogP contribution in [0.4, 0.5) is 13.6 Å². The van der Waals surface area contributed by atoms with Gasteiger partial charge < -0.3 is 20.5 Å². The summed E-state index contributed by atoms with van der Waals surface area (Å²) in [6.07, 6.45) is 0.643. The van der Waals surface area contributed by atoms with E-state index >= 15 is 0 Å². The number of halogens is 2. The van der Waals surface area contributed by atoms with E-state index in [2.05, 4.69) is 29.6 Å². The summed E-state index contributed by atoms with van der Waals surface area (Å²) in [6.45, 7) is -0.178. The number of carboxylic acid groups (broad SMARTS) is 1. The van der Waals surface area contributed by atoms with E-state index in [0.29, 0.717) is 25.9 Å². The molecule has 0 aromatic heterocycles. The molecule has 1 fully saturated rings. The summed E-state index contributed by atoms with van der Waals surface area (Å²) in [4.78, 5) is 36.5. The standard InChI is InChI=1S/C25H27F2N3O5/c26-25(27,23(32)33)15-28-22(31)13-30-11-9-16(10-12-30)29-24(34)35-14-21-19-7-3-1-5-17(19)18-6-2-4-8-20(18)21/h1-8,16,21H,9-15H2,(H,28,31)(H,29,34)(H,32,33). The van der Waals surface area contributed by atoms with Crippen molar-refractivity contribution in [3.8, 4) is 11.1 Å². The quantitative estimate of drug-likeness (QED) is 0.529. The summed E-state index contributed by atoms with van der Waals surface area (Å²) in [5, 5.41) is 13.2. The Balaban J connectivity index is 1.20. The first-order valence-electron chi connectivity index (χ1n) is 11.5. The molecule has 10 heteroatoms. The van der Waals surface area contributed by atoms with Gasteiger partial charge in [0.2, 0.25) is 5.91 Å². The summed E-state index contributed by atoms with van der Waals surface area (Å²) in [7, 11) is 0. The molecule has 4 rings (SSSR count). The van der Waals surface area contributed by atoms with Gasteiger partial charge in [0.15, 0.2) is 0 Å². The van der Waals surface area contributed by atoms with E-state index in [1.807, 2.05) is 29.6 Å². The smallest absolute Gasteiger partial charge is 0.407 e. The van der Waals surface area contributed by atoms with E-state index in [4.69, 9.17) is 9.84 Å². The summed E-state index contributed by atoms with van der Waals surface area (Å²) >= 11 is 0. The van der Waals surface area contributed by atoms with Gasteiger partial charge in [-0.15, -0.1) is 0 Å². The number of aliphatic carboxylic acids is 1. The molecule has 0 radical (unpaired) electrons. The number of hydrogen-bond donors (Lipinski definition) is 3. The number of alkyl halides is 2. The molecule has 1 aliphatic carbocycles. The van der Waals surface area contributed by atoms with Gasteiger partial charge in [0.25, 0.3) is 0 Å². The van der Waals surface area contributed by atoms with Crippen LogP contribution in [0, 0.1) is 0 Å². The summed E-state index contributed by atoms with van der Waals surface area (Å²) in [5.41, 5.74) is 4.57. The summed E-state index contributed by atoms with van der Waals surface area (Å²) < 4.78 is 31.7. The van der Waals surface area contributed by atoms with Crippen LogP contribution in [0.25, 0.3) is 11.1 Å². The number of piperidine rings is 1. The van der Waals surface area contributed by atoms with Crippen molar-refractivity contribution in [3.05, 3.63) is 59.7 Å². The number of amides is 2. The van der Waals surface area contributed by atoms with Gasteiger partial charge in [-0.25, -0.2) is 9.59 Å². The molecule has 8 nitrogen and oxygen atoms in total. The van der Waals surface area contributed by atoms with Crippen LogP contribution in [-0.2, 0) is 14.3 Å². The van der Waals surface area contributed by atoms with Crippen LogP contribution in [0.2, 0.25) is 0 Å². The normalized spacial score (nSPS) is 16.3. The number of hydrogen-bond acceptors (Lipinski definition) is 5. The second-order valence-electron chi connectivity index (χ2n) is 8.81. The van der Waals surface area contributed by atoms with Crippen LogP contribution in [0.5, 0.6) is 0 Å². The van der Waals surface area contributed by atoms with Gasteiger partial charge in [0.05, 0.1) is 13.1 Å². The van der Waals surface area contributed by atoms with Crippen molar-refractivity contribution >= 4 is 18.0 Å². The maximum absolute atomic E-state index is 13.1. The molecule has 3 N–H and O–H groups in total. The molecule has 2 aromatic carbocycles. The average molecular weight is 488 g/mol. The Morgan fingerprint density at radius 3 is 2.14 bits per heavy atom. The predicted molar refractivity (Wildman–Crippen MR) is 123 cm³/mol. The predicted octanol–water partition coefficient (Wildman–Crippen LogP) is 2.83. The highest BCUT2D eigenvalue weighted by atomic mass is 19.3. The van der Waals surface area contributed by atoms with Gasteiger partial charge >= 0.3 is 18.0 Å². The lowest BCUT2D eigenvalue weighted by Gasteiger charge is -2.31. The maximum atomic E-state index is 13.1. The molecule has 0 atom stereocenters. The van der Waals surface area contributed by atoms with E-state index in [9.17, 15) is 23.2 Å². The molecular weight excluding hydrogens is 460 g/mol. The van der Waals surface area contributed by atoms with Crippen molar-refractivity contribution in [2.45, 2.75) is 30.7 Å². The van der Waals surface area contributed by atoms with Crippen LogP contribution < -0.4 is 10.6 Å². The van der Waals surface area contributed by atoms with Crippen LogP contribution >= 0.6 is 0 Å². The molecule has 35 heavy (non-hydrogen) atoms. The van der Waals surface area contributed by atoms with Gasteiger partial charge in [-0.05, 0) is 35.1 Å². The number of carboxylic acids is 1. The second-order valence-corrected chi connectivity index (χ2v) is 8.81. The van der Waals surface area contributed by atoms with Crippen molar-refractivity contribution in [1.82, 2.24) is 15.5 Å². The molecule has 186 valence electrons. The number of carbonyl (C=O) groups excluding carboxylic acids is 2. The maximum Gasteiger partial charge on any atom is 0.407 e. The van der Waals surface area contributed by atoms with Gasteiger partial charge in [0.1, 0.15) is 6.61 Å². The number of alkyl carbamates (subject to hydrolysis) is 1. The van der Waals surface area contributed by atoms with E-state index in [-0.39, 0.29) is 25.1 Å². The Hall–Kier alpha value is -3.53. The third kappa shape index (κ3) is 5.76. The molecule has 2 amide bonds. The van der Waals surface area contributed by atoms with Crippen LogP contribution in [-0.4, -0.2) is 72.7 Å². The summed E-state index contributed by atoms with van der Waals surface area (Å²) in [5.74, 6) is -6.98. The SMILES string of the molecule is O=C(CN1CCC(NC(=O)OCC2c3ccccc3-c3ccccc32)CC1)NCC(F)(F)C(=O)O. The first-order chi connectivity index (χ1) is 16.7. The lowest BCUT2D eigenvalue weighted by atomic mass is 9.98. The molecular formula is C25H27F2N3O5. The molecule has 0 saturated carbocycles. The highest BCUT2D eigenvalue weighted by Gasteiger charge is 2.39. The molecule has 1 aliphatic heterocycles. The lowest BCUT2D eigenvalue weighted by molar-refractivity contribution is -0.164. The third-order valence-electron chi connectivity index (χ3n) is 6.44. The van der Waals surface area contributed by atoms with Gasteiger partial charge in [-0.1, -0.05) is 48.5 Å². The van der Waals surface area contributed by atoms with Crippen molar-refractivity contribution in [2.24, 2.45) is 0 Å². The monoisotopic (exact) mass is 487 g/mol. The van der Waals surface area contributed by atoms with Crippen LogP contribution in [0.15, 0.2) is 48.5 Å². The number of rotatable bonds is 8. The first-order valence-corrected chi connectivity index (χ1v) is 11.5. The zero-order chi connectivity index (χ0) is 25.0. The largest absolute Gasteiger partial charge is 0.477 e. The van der Waals surface area contributed by atoms with Gasteiger partial charge in [0, 0.05) is 25.0 Å². The van der Waals surface area contributed by atoms with E-state index < -0.39 is 30.4 Å². The minimum atomic E-state index is -4.00. The van der Waals surface area contributed by atoms with Crippen molar-refractivity contribution in [2.75, 3.05) is 32.8 Å². The minimum absolute atomic E-state index is 0.0259. The van der Waals surface area contributed by atoms with E-state index in [1.54, 1.807) is 4.90 Å². The number of nitrogens with zero attached hydrogens (tertiary/aromatic N) is 1. The number of carbonyl (C=O) groups is 3. The number of nitrogens with one attached hydrogen (secondary N) is 2. The Morgan fingerprint density at radius 2 is 1.57 bits per heavy atom. The minimum Gasteiger partial charge on any atom is -0.477 e. The lowest BCUT2D eigenvalue weighted by Crippen LogP contribution is -2.49. The van der Waals surface area contributed by atoms with Gasteiger partial charge in [-0.3, -0.25) is 9.69 Å². The Labute approximate surface area is 201 Å². The van der Waals surface area contributed by atoms with Crippen LogP contribution in [0.1, 0.15) is 29.9 Å². The highest BCUT2D eigenvalue weighted by Crippen LogP contribution is 2.44. The molecule has 2 aromatic rings. The molecule has 0 bridgehead atoms. The fourth-order valence-electron chi connectivity index (χ4n) is 4.59. The molecule has 0 unspecified atom stereocenters. The Kier molecular flexibility index (Phi) is 7.30. The Bertz CT molecular complexity index is 1060. The second kappa shape index (κ2) is 10.4. The van der Waals surface area contributed by atoms with Gasteiger partial charge in [-0.2, -0.15) is 8.78 Å². The molecule has 1 heterocycles. The first kappa shape index (κ1) is 24.6. The molecule has 1 saturated heterocycles. The topological polar surface area (TPSA) is 108 Å². The number of benzene rings is 2. The number of likely N-dealkylation sites (tertiary alicyclic amines) is 1. The average Bonchev–Trinajstić information content (AvgIpc) is 3.16. The summed E-state index contributed by atoms with van der Waals surface area (Å²) in [6, 6.07) is 16.1. The molecule has 0 spiro atoms. The van der Waals surface area contributed by atoms with Crippen LogP contribution in [0.3, 0.4) is 0 Å². The Morgan fingerprint density at radius 1 is 1.00 bits per heavy atom. The fraction of sp³-hybridized carbons (Fsp3) is 0.400. The zero-order valence-electron chi connectivity index (χ0n) is 19.0. The number of fused-ring (bicyclic) bond motifs is 3. The molecule has 2 aliphatic rings. The number of ether oxygens (including phenoxy) is 1. The highest BCUT2D eigenvalue weighted by molar-refractivity contribution is 5.81. The van der Waals surface area contributed by atoms with Crippen molar-refractivity contribution < 1.29 is 33.0 Å². The third-order valence-corrected chi connectivity index (χ3v) is 6.44. The van der Waals surface area contributed by atoms with Crippen molar-refractivity contribution in [3.63, 3.8) is 0 Å². The van der Waals surface area contributed by atoms with Crippen molar-refractivity contribution in [1.29, 1.82) is 0 Å². The fourth-order valence-corrected chi connectivity index (χ4v) is 4.59. The van der Waals surface area contributed by atoms with E-state index in [1.165, 1.54) is 0 Å². The zero-order valence-corrected chi connectivity index (χ0v) is 19.0. The van der Waals surface area contributed by atoms with E-state index in [0.717, 1.165) is 22.3 Å².